The summed E-state index contributed by atoms with van der Waals surface area (Å²) in [4.78, 5) is 28.5. The lowest BCUT2D eigenvalue weighted by atomic mass is 9.85. The summed E-state index contributed by atoms with van der Waals surface area (Å²) < 4.78 is 65.8. The van der Waals surface area contributed by atoms with Gasteiger partial charge in [-0.2, -0.15) is 18.3 Å². The van der Waals surface area contributed by atoms with Crippen LogP contribution in [0.4, 0.5) is 33.5 Å². The van der Waals surface area contributed by atoms with Crippen LogP contribution in [0.3, 0.4) is 0 Å². The van der Waals surface area contributed by atoms with E-state index in [9.17, 15) is 26.7 Å². The highest BCUT2D eigenvalue weighted by Gasteiger charge is 2.51. The number of pyridine rings is 1. The number of rotatable bonds is 4. The molecule has 3 aromatic rings. The van der Waals surface area contributed by atoms with Gasteiger partial charge in [-0.1, -0.05) is 0 Å². The largest absolute Gasteiger partial charge is 0.433 e. The number of aromatic nitrogens is 5. The molecule has 0 saturated carbocycles. The highest BCUT2D eigenvalue weighted by atomic mass is 19.4. The van der Waals surface area contributed by atoms with E-state index in [-0.39, 0.29) is 17.2 Å². The van der Waals surface area contributed by atoms with E-state index in [0.29, 0.717) is 43.8 Å². The molecular weight excluding hydrogens is 449 g/mol. The Labute approximate surface area is 184 Å². The Hall–Kier alpha value is -3.38. The Kier molecular flexibility index (Phi) is 4.94. The molecule has 5 heterocycles. The van der Waals surface area contributed by atoms with E-state index >= 15 is 0 Å². The highest BCUT2D eigenvalue weighted by Crippen LogP contribution is 2.43. The van der Waals surface area contributed by atoms with Gasteiger partial charge >= 0.3 is 6.18 Å². The van der Waals surface area contributed by atoms with Crippen molar-refractivity contribution >= 4 is 28.6 Å². The second kappa shape index (κ2) is 7.59. The summed E-state index contributed by atoms with van der Waals surface area (Å²) in [6, 6.07) is 2.27. The van der Waals surface area contributed by atoms with Gasteiger partial charge in [-0.25, -0.2) is 23.4 Å². The predicted octanol–water partition coefficient (Wildman–Crippen LogP) is 3.14. The van der Waals surface area contributed by atoms with Crippen LogP contribution < -0.4 is 9.80 Å². The number of carbonyl (C=O) groups excluding carboxylic acids is 1. The first-order valence-electron chi connectivity index (χ1n) is 10.2. The van der Waals surface area contributed by atoms with Crippen molar-refractivity contribution in [3.63, 3.8) is 0 Å². The summed E-state index contributed by atoms with van der Waals surface area (Å²) >= 11 is 0. The number of alkyl halides is 5. The van der Waals surface area contributed by atoms with Crippen LogP contribution in [0.25, 0.3) is 11.2 Å². The highest BCUT2D eigenvalue weighted by molar-refractivity contribution is 6.00. The van der Waals surface area contributed by atoms with Crippen molar-refractivity contribution in [3.05, 3.63) is 36.4 Å². The normalized spacial score (nSPS) is 21.3. The van der Waals surface area contributed by atoms with E-state index < -0.39 is 30.3 Å². The third-order valence-corrected chi connectivity index (χ3v) is 6.18. The fourth-order valence-electron chi connectivity index (χ4n) is 4.51. The van der Waals surface area contributed by atoms with Crippen LogP contribution in [0.5, 0.6) is 0 Å². The average molecular weight is 467 g/mol. The molecule has 1 unspecified atom stereocenters. The van der Waals surface area contributed by atoms with Gasteiger partial charge in [-0.15, -0.1) is 0 Å². The maximum absolute atomic E-state index is 13.3. The molecule has 13 heteroatoms. The molecule has 0 aromatic carbocycles. The zero-order valence-electron chi connectivity index (χ0n) is 17.1. The lowest BCUT2D eigenvalue weighted by molar-refractivity contribution is -0.141. The van der Waals surface area contributed by atoms with E-state index in [1.54, 1.807) is 0 Å². The quantitative estimate of drug-likeness (QED) is 0.549. The van der Waals surface area contributed by atoms with Gasteiger partial charge in [-0.3, -0.25) is 9.78 Å². The third-order valence-electron chi connectivity index (χ3n) is 6.18. The summed E-state index contributed by atoms with van der Waals surface area (Å²) in [5.41, 5.74) is -1.04. The Bertz CT molecular complexity index is 1210. The molecular formula is C20H18F5N7O. The SMILES string of the molecule is O=C1N(c2ccnc(C(F)(F)F)c2)CCC12CCN(c1cnc3cnn(CC(F)F)c3n1)C2. The monoisotopic (exact) mass is 467 g/mol. The molecule has 0 bridgehead atoms. The first kappa shape index (κ1) is 21.5. The fraction of sp³-hybridized carbons (Fsp3) is 0.450. The number of fused-ring (bicyclic) bond motifs is 1. The molecule has 0 aliphatic carbocycles. The van der Waals surface area contributed by atoms with Crippen LogP contribution in [-0.4, -0.2) is 56.7 Å². The molecule has 1 atom stereocenters. The lowest BCUT2D eigenvalue weighted by Crippen LogP contribution is -2.37. The number of nitrogens with zero attached hydrogens (tertiary/aromatic N) is 7. The zero-order valence-corrected chi connectivity index (χ0v) is 17.1. The van der Waals surface area contributed by atoms with E-state index in [4.69, 9.17) is 0 Å². The van der Waals surface area contributed by atoms with E-state index in [0.717, 1.165) is 16.9 Å². The second-order valence-corrected chi connectivity index (χ2v) is 8.21. The number of amides is 1. The molecule has 1 spiro atoms. The van der Waals surface area contributed by atoms with Crippen LogP contribution in [0.15, 0.2) is 30.7 Å². The molecule has 33 heavy (non-hydrogen) atoms. The first-order chi connectivity index (χ1) is 15.7. The number of carbonyl (C=O) groups is 1. The number of hydrogen-bond acceptors (Lipinski definition) is 6. The molecule has 2 aliphatic heterocycles. The molecule has 1 amide bonds. The fourth-order valence-corrected chi connectivity index (χ4v) is 4.51. The van der Waals surface area contributed by atoms with Crippen molar-refractivity contribution in [3.8, 4) is 0 Å². The van der Waals surface area contributed by atoms with Crippen molar-refractivity contribution in [2.45, 2.75) is 32.0 Å². The van der Waals surface area contributed by atoms with Crippen LogP contribution in [0, 0.1) is 5.41 Å². The van der Waals surface area contributed by atoms with Gasteiger partial charge in [0.25, 0.3) is 6.43 Å². The van der Waals surface area contributed by atoms with Crippen molar-refractivity contribution < 1.29 is 26.7 Å². The Morgan fingerprint density at radius 1 is 1.12 bits per heavy atom. The second-order valence-electron chi connectivity index (χ2n) is 8.21. The molecule has 0 N–H and O–H groups in total. The predicted molar refractivity (Wildman–Crippen MR) is 107 cm³/mol. The van der Waals surface area contributed by atoms with Crippen LogP contribution in [0.2, 0.25) is 0 Å². The summed E-state index contributed by atoms with van der Waals surface area (Å²) in [6.45, 7) is 0.473. The van der Waals surface area contributed by atoms with Gasteiger partial charge in [0.05, 0.1) is 17.8 Å². The Morgan fingerprint density at radius 2 is 1.91 bits per heavy atom. The van der Waals surface area contributed by atoms with Gasteiger partial charge in [0.1, 0.15) is 23.6 Å². The molecule has 0 radical (unpaired) electrons. The topological polar surface area (TPSA) is 80.0 Å². The molecule has 5 rings (SSSR count). The van der Waals surface area contributed by atoms with Crippen LogP contribution in [-0.2, 0) is 17.5 Å². The van der Waals surface area contributed by atoms with Crippen LogP contribution >= 0.6 is 0 Å². The number of halogens is 5. The zero-order chi connectivity index (χ0) is 23.4. The van der Waals surface area contributed by atoms with Gasteiger partial charge < -0.3 is 9.80 Å². The maximum atomic E-state index is 13.3. The summed E-state index contributed by atoms with van der Waals surface area (Å²) in [7, 11) is 0. The summed E-state index contributed by atoms with van der Waals surface area (Å²) in [5.74, 6) is 0.186. The minimum Gasteiger partial charge on any atom is -0.354 e. The van der Waals surface area contributed by atoms with Gasteiger partial charge in [0.15, 0.2) is 5.65 Å². The maximum Gasteiger partial charge on any atom is 0.433 e. The Morgan fingerprint density at radius 3 is 2.67 bits per heavy atom. The number of anilines is 2. The molecule has 2 saturated heterocycles. The minimum absolute atomic E-state index is 0.162. The van der Waals surface area contributed by atoms with Crippen LogP contribution in [0.1, 0.15) is 18.5 Å². The van der Waals surface area contributed by atoms with Gasteiger partial charge in [0, 0.05) is 31.5 Å². The average Bonchev–Trinajstić information content (AvgIpc) is 3.46. The van der Waals surface area contributed by atoms with Crippen molar-refractivity contribution in [2.24, 2.45) is 5.41 Å². The van der Waals surface area contributed by atoms with Crippen molar-refractivity contribution in [1.29, 1.82) is 0 Å². The molecule has 2 aliphatic rings. The van der Waals surface area contributed by atoms with E-state index in [1.807, 2.05) is 4.90 Å². The van der Waals surface area contributed by atoms with E-state index in [2.05, 4.69) is 20.1 Å². The van der Waals surface area contributed by atoms with E-state index in [1.165, 1.54) is 23.4 Å². The third kappa shape index (κ3) is 3.74. The summed E-state index contributed by atoms with van der Waals surface area (Å²) in [6.07, 6.45) is -2.31. The molecule has 3 aromatic heterocycles. The lowest BCUT2D eigenvalue weighted by Gasteiger charge is -2.24. The van der Waals surface area contributed by atoms with Crippen molar-refractivity contribution in [1.82, 2.24) is 24.7 Å². The van der Waals surface area contributed by atoms with Crippen molar-refractivity contribution in [2.75, 3.05) is 29.4 Å². The smallest absolute Gasteiger partial charge is 0.354 e. The Balaban J connectivity index is 1.37. The van der Waals surface area contributed by atoms with Gasteiger partial charge in [0.2, 0.25) is 5.91 Å². The first-order valence-corrected chi connectivity index (χ1v) is 10.2. The summed E-state index contributed by atoms with van der Waals surface area (Å²) in [5, 5.41) is 3.90. The molecule has 8 nitrogen and oxygen atoms in total. The standard InChI is InChI=1S/C20H18F5N7O/c21-15(22)10-32-17-13(8-28-32)27-9-16(29-17)30-5-2-19(11-30)3-6-31(18(19)33)12-1-4-26-14(7-12)20(23,24)25/h1,4,7-9,15H,2-3,5-6,10-11H2. The number of hydrogen-bond donors (Lipinski definition) is 0. The van der Waals surface area contributed by atoms with Gasteiger partial charge in [-0.05, 0) is 25.0 Å². The molecule has 174 valence electrons. The molecule has 2 fully saturated rings. The minimum atomic E-state index is -4.60.